The Morgan fingerprint density at radius 3 is 2.79 bits per heavy atom. The molecule has 0 saturated heterocycles. The van der Waals surface area contributed by atoms with Crippen molar-refractivity contribution in [2.75, 3.05) is 5.73 Å². The van der Waals surface area contributed by atoms with Crippen molar-refractivity contribution in [1.82, 2.24) is 25.3 Å². The van der Waals surface area contributed by atoms with E-state index in [0.29, 0.717) is 0 Å². The van der Waals surface area contributed by atoms with Gasteiger partial charge in [-0.05, 0) is 19.1 Å². The number of halogens is 1. The van der Waals surface area contributed by atoms with Crippen molar-refractivity contribution in [3.63, 3.8) is 0 Å². The van der Waals surface area contributed by atoms with Gasteiger partial charge in [0.05, 0.1) is 16.8 Å². The second-order valence-electron chi connectivity index (χ2n) is 3.77. The summed E-state index contributed by atoms with van der Waals surface area (Å²) in [5, 5.41) is 13.1. The van der Waals surface area contributed by atoms with Gasteiger partial charge < -0.3 is 5.73 Å². The van der Waals surface area contributed by atoms with E-state index in [1.807, 2.05) is 0 Å². The van der Waals surface area contributed by atoms with Crippen LogP contribution in [0.3, 0.4) is 0 Å². The summed E-state index contributed by atoms with van der Waals surface area (Å²) < 4.78 is 26.8. The van der Waals surface area contributed by atoms with Gasteiger partial charge in [0, 0.05) is 0 Å². The number of sulfonamides is 1. The molecular formula is C9H11ClN6O2S. The highest BCUT2D eigenvalue weighted by Gasteiger charge is 2.25. The molecule has 0 aliphatic rings. The third kappa shape index (κ3) is 2.83. The maximum Gasteiger partial charge on any atom is 0.244 e. The van der Waals surface area contributed by atoms with Crippen molar-refractivity contribution in [3.8, 4) is 0 Å². The van der Waals surface area contributed by atoms with Crippen LogP contribution >= 0.6 is 11.6 Å². The van der Waals surface area contributed by atoms with E-state index in [1.165, 1.54) is 12.1 Å². The molecular weight excluding hydrogens is 292 g/mol. The van der Waals surface area contributed by atoms with Gasteiger partial charge in [0.2, 0.25) is 10.0 Å². The molecule has 19 heavy (non-hydrogen) atoms. The van der Waals surface area contributed by atoms with Crippen LogP contribution in [0, 0.1) is 0 Å². The standard InChI is InChI=1S/C9H11ClN6O2S/c1-5(9-12-15-16-13-9)14-19(17,18)8-6(10)3-2-4-7(8)11/h2-5,14H,11H2,1H3,(H,12,13,15,16). The summed E-state index contributed by atoms with van der Waals surface area (Å²) in [5.41, 5.74) is 5.72. The molecule has 2 aromatic rings. The van der Waals surface area contributed by atoms with Crippen LogP contribution in [0.4, 0.5) is 5.69 Å². The highest BCUT2D eigenvalue weighted by Crippen LogP contribution is 2.27. The Balaban J connectivity index is 2.33. The van der Waals surface area contributed by atoms with E-state index < -0.39 is 16.1 Å². The first-order valence-electron chi connectivity index (χ1n) is 5.21. The molecule has 0 radical (unpaired) electrons. The van der Waals surface area contributed by atoms with Crippen molar-refractivity contribution >= 4 is 27.3 Å². The van der Waals surface area contributed by atoms with Crippen LogP contribution in [0.5, 0.6) is 0 Å². The lowest BCUT2D eigenvalue weighted by Crippen LogP contribution is -2.28. The van der Waals surface area contributed by atoms with Gasteiger partial charge in [-0.2, -0.15) is 5.21 Å². The molecule has 1 unspecified atom stereocenters. The number of benzene rings is 1. The molecule has 1 heterocycles. The highest BCUT2D eigenvalue weighted by molar-refractivity contribution is 7.89. The first kappa shape index (κ1) is 13.7. The minimum absolute atomic E-state index is 0.0489. The average molecular weight is 303 g/mol. The maximum atomic E-state index is 12.2. The van der Waals surface area contributed by atoms with Crippen LogP contribution in [0.2, 0.25) is 5.02 Å². The summed E-state index contributed by atoms with van der Waals surface area (Å²) in [5.74, 6) is 0.217. The number of tetrazole rings is 1. The van der Waals surface area contributed by atoms with E-state index in [1.54, 1.807) is 13.0 Å². The molecule has 0 aliphatic heterocycles. The van der Waals surface area contributed by atoms with E-state index in [4.69, 9.17) is 17.3 Å². The Labute approximate surface area is 114 Å². The predicted molar refractivity (Wildman–Crippen MR) is 68.8 cm³/mol. The van der Waals surface area contributed by atoms with Gasteiger partial charge in [0.15, 0.2) is 5.82 Å². The zero-order valence-electron chi connectivity index (χ0n) is 9.83. The Morgan fingerprint density at radius 2 is 2.21 bits per heavy atom. The van der Waals surface area contributed by atoms with Crippen molar-refractivity contribution in [2.45, 2.75) is 17.9 Å². The number of H-pyrrole nitrogens is 1. The van der Waals surface area contributed by atoms with E-state index in [2.05, 4.69) is 25.3 Å². The van der Waals surface area contributed by atoms with Crippen molar-refractivity contribution in [1.29, 1.82) is 0 Å². The van der Waals surface area contributed by atoms with Crippen LogP contribution in [0.25, 0.3) is 0 Å². The number of anilines is 1. The lowest BCUT2D eigenvalue weighted by Gasteiger charge is -2.13. The molecule has 1 aromatic heterocycles. The molecule has 0 amide bonds. The molecule has 0 bridgehead atoms. The third-order valence-corrected chi connectivity index (χ3v) is 4.43. The van der Waals surface area contributed by atoms with E-state index >= 15 is 0 Å². The number of hydrogen-bond acceptors (Lipinski definition) is 6. The minimum Gasteiger partial charge on any atom is -0.398 e. The van der Waals surface area contributed by atoms with Crippen molar-refractivity contribution < 1.29 is 8.42 Å². The summed E-state index contributed by atoms with van der Waals surface area (Å²) in [6.45, 7) is 1.58. The van der Waals surface area contributed by atoms with Crippen LogP contribution in [0.15, 0.2) is 23.1 Å². The van der Waals surface area contributed by atoms with E-state index in [0.717, 1.165) is 0 Å². The lowest BCUT2D eigenvalue weighted by molar-refractivity contribution is 0.560. The minimum atomic E-state index is -3.88. The zero-order valence-corrected chi connectivity index (χ0v) is 11.4. The number of aromatic nitrogens is 4. The molecule has 0 saturated carbocycles. The number of aromatic amines is 1. The van der Waals surface area contributed by atoms with Crippen LogP contribution in [-0.4, -0.2) is 29.0 Å². The maximum absolute atomic E-state index is 12.2. The first-order valence-corrected chi connectivity index (χ1v) is 7.07. The monoisotopic (exact) mass is 302 g/mol. The van der Waals surface area contributed by atoms with E-state index in [-0.39, 0.29) is 21.4 Å². The second kappa shape index (κ2) is 5.11. The van der Waals surface area contributed by atoms with Crippen LogP contribution in [-0.2, 0) is 10.0 Å². The average Bonchev–Trinajstić information content (AvgIpc) is 2.80. The molecule has 1 aromatic carbocycles. The summed E-state index contributed by atoms with van der Waals surface area (Å²) in [6, 6.07) is 3.81. The topological polar surface area (TPSA) is 127 Å². The molecule has 8 nitrogen and oxygen atoms in total. The lowest BCUT2D eigenvalue weighted by atomic mass is 10.3. The fraction of sp³-hybridized carbons (Fsp3) is 0.222. The van der Waals surface area contributed by atoms with Gasteiger partial charge in [-0.1, -0.05) is 22.9 Å². The predicted octanol–water partition coefficient (Wildman–Crippen LogP) is 0.475. The second-order valence-corrected chi connectivity index (χ2v) is 5.83. The highest BCUT2D eigenvalue weighted by atomic mass is 35.5. The first-order chi connectivity index (χ1) is 8.92. The van der Waals surface area contributed by atoms with Gasteiger partial charge in [-0.3, -0.25) is 0 Å². The molecule has 1 atom stereocenters. The quantitative estimate of drug-likeness (QED) is 0.705. The smallest absolute Gasteiger partial charge is 0.244 e. The number of nitrogens with two attached hydrogens (primary N) is 1. The van der Waals surface area contributed by atoms with Gasteiger partial charge >= 0.3 is 0 Å². The third-order valence-electron chi connectivity index (χ3n) is 2.35. The van der Waals surface area contributed by atoms with Gasteiger partial charge in [0.1, 0.15) is 4.90 Å². The summed E-state index contributed by atoms with van der Waals surface area (Å²) in [6.07, 6.45) is 0. The van der Waals surface area contributed by atoms with Crippen molar-refractivity contribution in [3.05, 3.63) is 29.0 Å². The fourth-order valence-electron chi connectivity index (χ4n) is 1.51. The Hall–Kier alpha value is -1.71. The molecule has 2 rings (SSSR count). The fourth-order valence-corrected chi connectivity index (χ4v) is 3.38. The molecule has 102 valence electrons. The number of hydrogen-bond donors (Lipinski definition) is 3. The Kier molecular flexibility index (Phi) is 3.69. The summed E-state index contributed by atoms with van der Waals surface area (Å²) in [7, 11) is -3.88. The zero-order chi connectivity index (χ0) is 14.0. The van der Waals surface area contributed by atoms with Gasteiger partial charge in [-0.15, -0.1) is 10.2 Å². The number of nitrogens with zero attached hydrogens (tertiary/aromatic N) is 3. The molecule has 0 spiro atoms. The van der Waals surface area contributed by atoms with Crippen molar-refractivity contribution in [2.24, 2.45) is 0 Å². The summed E-state index contributed by atoms with van der Waals surface area (Å²) in [4.78, 5) is -0.160. The molecule has 4 N–H and O–H groups in total. The van der Waals surface area contributed by atoms with Gasteiger partial charge in [0.25, 0.3) is 0 Å². The molecule has 10 heteroatoms. The molecule has 0 aliphatic carbocycles. The molecule has 0 fully saturated rings. The Bertz CT molecular complexity index is 652. The number of nitrogen functional groups attached to an aromatic ring is 1. The SMILES string of the molecule is CC(NS(=O)(=O)c1c(N)cccc1Cl)c1nn[nH]n1. The summed E-state index contributed by atoms with van der Waals surface area (Å²) >= 11 is 5.87. The normalized spacial score (nSPS) is 13.4. The van der Waals surface area contributed by atoms with E-state index in [9.17, 15) is 8.42 Å². The van der Waals surface area contributed by atoms with Crippen LogP contribution < -0.4 is 10.5 Å². The number of rotatable bonds is 4. The number of nitrogens with one attached hydrogen (secondary N) is 2. The van der Waals surface area contributed by atoms with Gasteiger partial charge in [-0.25, -0.2) is 13.1 Å². The Morgan fingerprint density at radius 1 is 1.47 bits per heavy atom. The largest absolute Gasteiger partial charge is 0.398 e. The van der Waals surface area contributed by atoms with Crippen LogP contribution in [0.1, 0.15) is 18.8 Å².